The first-order valence-electron chi connectivity index (χ1n) is 7.05. The SMILES string of the molecule is CC1CC(C)(C)CC1N1CCN(CC(=O)O)CC1. The summed E-state index contributed by atoms with van der Waals surface area (Å²) in [4.78, 5) is 15.3. The van der Waals surface area contributed by atoms with Crippen molar-refractivity contribution in [1.82, 2.24) is 9.80 Å². The first kappa shape index (κ1) is 13.8. The summed E-state index contributed by atoms with van der Waals surface area (Å²) in [7, 11) is 0. The molecular weight excluding hydrogens is 228 g/mol. The van der Waals surface area contributed by atoms with Crippen LogP contribution in [0.1, 0.15) is 33.6 Å². The van der Waals surface area contributed by atoms with E-state index < -0.39 is 5.97 Å². The molecule has 2 rings (SSSR count). The maximum atomic E-state index is 10.7. The van der Waals surface area contributed by atoms with Crippen molar-refractivity contribution in [2.75, 3.05) is 32.7 Å². The summed E-state index contributed by atoms with van der Waals surface area (Å²) >= 11 is 0. The van der Waals surface area contributed by atoms with Gasteiger partial charge in [-0.3, -0.25) is 14.6 Å². The number of carboxylic acid groups (broad SMARTS) is 1. The minimum absolute atomic E-state index is 0.194. The third-order valence-corrected chi connectivity index (χ3v) is 4.53. The Hall–Kier alpha value is -0.610. The third kappa shape index (κ3) is 3.23. The molecule has 0 bridgehead atoms. The van der Waals surface area contributed by atoms with Crippen LogP contribution in [0.25, 0.3) is 0 Å². The van der Waals surface area contributed by atoms with Crippen LogP contribution in [0, 0.1) is 11.3 Å². The van der Waals surface area contributed by atoms with Gasteiger partial charge in [-0.05, 0) is 24.2 Å². The summed E-state index contributed by atoms with van der Waals surface area (Å²) in [5, 5.41) is 8.80. The largest absolute Gasteiger partial charge is 0.480 e. The van der Waals surface area contributed by atoms with Gasteiger partial charge >= 0.3 is 5.97 Å². The number of carboxylic acids is 1. The Morgan fingerprint density at radius 1 is 1.22 bits per heavy atom. The number of aliphatic carboxylic acids is 1. The van der Waals surface area contributed by atoms with Gasteiger partial charge in [-0.2, -0.15) is 0 Å². The molecule has 4 nitrogen and oxygen atoms in total. The highest BCUT2D eigenvalue weighted by molar-refractivity contribution is 5.69. The molecule has 4 heteroatoms. The van der Waals surface area contributed by atoms with Crippen LogP contribution in [-0.4, -0.2) is 59.6 Å². The second-order valence-corrected chi connectivity index (χ2v) is 6.82. The Bertz CT molecular complexity index is 309. The molecule has 1 saturated heterocycles. The molecule has 0 spiro atoms. The van der Waals surface area contributed by atoms with Gasteiger partial charge in [0.05, 0.1) is 6.54 Å². The van der Waals surface area contributed by atoms with Gasteiger partial charge in [0.2, 0.25) is 0 Å². The molecule has 1 heterocycles. The van der Waals surface area contributed by atoms with E-state index in [9.17, 15) is 4.79 Å². The molecule has 1 aliphatic heterocycles. The zero-order chi connectivity index (χ0) is 13.3. The molecule has 1 saturated carbocycles. The van der Waals surface area contributed by atoms with Crippen molar-refractivity contribution in [3.05, 3.63) is 0 Å². The Kier molecular flexibility index (Phi) is 3.97. The Morgan fingerprint density at radius 3 is 2.28 bits per heavy atom. The predicted molar refractivity (Wildman–Crippen MR) is 71.6 cm³/mol. The number of rotatable bonds is 3. The first-order chi connectivity index (χ1) is 8.37. The van der Waals surface area contributed by atoms with E-state index in [1.165, 1.54) is 12.8 Å². The summed E-state index contributed by atoms with van der Waals surface area (Å²) in [6, 6.07) is 0.701. The van der Waals surface area contributed by atoms with Gasteiger partial charge in [0.25, 0.3) is 0 Å². The predicted octanol–water partition coefficient (Wildman–Crippen LogP) is 1.51. The zero-order valence-electron chi connectivity index (χ0n) is 11.9. The highest BCUT2D eigenvalue weighted by Gasteiger charge is 2.40. The van der Waals surface area contributed by atoms with E-state index >= 15 is 0 Å². The van der Waals surface area contributed by atoms with Crippen molar-refractivity contribution in [3.8, 4) is 0 Å². The van der Waals surface area contributed by atoms with E-state index in [0.717, 1.165) is 32.1 Å². The topological polar surface area (TPSA) is 43.8 Å². The average Bonchev–Trinajstić information content (AvgIpc) is 2.52. The molecular formula is C14H26N2O2. The third-order valence-electron chi connectivity index (χ3n) is 4.53. The fourth-order valence-corrected chi connectivity index (χ4v) is 3.79. The normalized spacial score (nSPS) is 33.7. The van der Waals surface area contributed by atoms with Crippen molar-refractivity contribution < 1.29 is 9.90 Å². The van der Waals surface area contributed by atoms with E-state index in [1.54, 1.807) is 0 Å². The van der Waals surface area contributed by atoms with Crippen LogP contribution >= 0.6 is 0 Å². The van der Waals surface area contributed by atoms with Gasteiger partial charge in [-0.1, -0.05) is 20.8 Å². The molecule has 2 aliphatic rings. The van der Waals surface area contributed by atoms with E-state index in [4.69, 9.17) is 5.11 Å². The van der Waals surface area contributed by atoms with Crippen LogP contribution < -0.4 is 0 Å². The number of hydrogen-bond donors (Lipinski definition) is 1. The summed E-state index contributed by atoms with van der Waals surface area (Å²) in [5.41, 5.74) is 0.474. The lowest BCUT2D eigenvalue weighted by molar-refractivity contribution is -0.138. The highest BCUT2D eigenvalue weighted by atomic mass is 16.4. The van der Waals surface area contributed by atoms with Crippen molar-refractivity contribution in [2.24, 2.45) is 11.3 Å². The lowest BCUT2D eigenvalue weighted by Gasteiger charge is -2.39. The van der Waals surface area contributed by atoms with Gasteiger partial charge in [-0.25, -0.2) is 0 Å². The number of hydrogen-bond acceptors (Lipinski definition) is 3. The molecule has 1 aliphatic carbocycles. The standard InChI is InChI=1S/C14H26N2O2/c1-11-8-14(2,3)9-12(11)16-6-4-15(5-7-16)10-13(17)18/h11-12H,4-10H2,1-3H3,(H,17,18). The second kappa shape index (κ2) is 5.17. The van der Waals surface area contributed by atoms with E-state index in [0.29, 0.717) is 11.5 Å². The van der Waals surface area contributed by atoms with Crippen molar-refractivity contribution >= 4 is 5.97 Å². The molecule has 2 unspecified atom stereocenters. The van der Waals surface area contributed by atoms with Crippen LogP contribution in [0.4, 0.5) is 0 Å². The van der Waals surface area contributed by atoms with Crippen LogP contribution in [0.15, 0.2) is 0 Å². The zero-order valence-corrected chi connectivity index (χ0v) is 11.9. The van der Waals surface area contributed by atoms with E-state index in [1.807, 2.05) is 4.90 Å². The van der Waals surface area contributed by atoms with Crippen molar-refractivity contribution in [1.29, 1.82) is 0 Å². The van der Waals surface area contributed by atoms with Crippen LogP contribution in [-0.2, 0) is 4.79 Å². The molecule has 2 fully saturated rings. The molecule has 0 radical (unpaired) electrons. The lowest BCUT2D eigenvalue weighted by Crippen LogP contribution is -2.52. The molecule has 0 aromatic carbocycles. The van der Waals surface area contributed by atoms with Gasteiger partial charge in [0.15, 0.2) is 0 Å². The van der Waals surface area contributed by atoms with Crippen LogP contribution in [0.2, 0.25) is 0 Å². The fourth-order valence-electron chi connectivity index (χ4n) is 3.79. The smallest absolute Gasteiger partial charge is 0.317 e. The Balaban J connectivity index is 1.85. The monoisotopic (exact) mass is 254 g/mol. The summed E-state index contributed by atoms with van der Waals surface area (Å²) < 4.78 is 0. The quantitative estimate of drug-likeness (QED) is 0.829. The Morgan fingerprint density at radius 2 is 1.83 bits per heavy atom. The first-order valence-corrected chi connectivity index (χ1v) is 7.05. The maximum Gasteiger partial charge on any atom is 0.317 e. The number of piperazine rings is 1. The van der Waals surface area contributed by atoms with Gasteiger partial charge in [-0.15, -0.1) is 0 Å². The van der Waals surface area contributed by atoms with Crippen LogP contribution in [0.3, 0.4) is 0 Å². The summed E-state index contributed by atoms with van der Waals surface area (Å²) in [5.74, 6) is 0.0600. The minimum Gasteiger partial charge on any atom is -0.480 e. The van der Waals surface area contributed by atoms with Crippen molar-refractivity contribution in [3.63, 3.8) is 0 Å². The van der Waals surface area contributed by atoms with Gasteiger partial charge in [0.1, 0.15) is 0 Å². The molecule has 18 heavy (non-hydrogen) atoms. The maximum absolute atomic E-state index is 10.7. The lowest BCUT2D eigenvalue weighted by atomic mass is 9.91. The number of nitrogens with zero attached hydrogens (tertiary/aromatic N) is 2. The number of carbonyl (C=O) groups is 1. The molecule has 0 aromatic heterocycles. The summed E-state index contributed by atoms with van der Waals surface area (Å²) in [6.45, 7) is 11.1. The summed E-state index contributed by atoms with van der Waals surface area (Å²) in [6.07, 6.45) is 2.60. The molecule has 2 atom stereocenters. The average molecular weight is 254 g/mol. The highest BCUT2D eigenvalue weighted by Crippen LogP contribution is 2.43. The van der Waals surface area contributed by atoms with E-state index in [-0.39, 0.29) is 6.54 Å². The molecule has 104 valence electrons. The molecule has 1 N–H and O–H groups in total. The Labute approximate surface area is 110 Å². The fraction of sp³-hybridized carbons (Fsp3) is 0.929. The molecule has 0 aromatic rings. The second-order valence-electron chi connectivity index (χ2n) is 6.82. The van der Waals surface area contributed by atoms with Gasteiger partial charge < -0.3 is 5.11 Å². The minimum atomic E-state index is -0.709. The molecule has 0 amide bonds. The van der Waals surface area contributed by atoms with Crippen molar-refractivity contribution in [2.45, 2.75) is 39.7 Å². The van der Waals surface area contributed by atoms with Crippen LogP contribution in [0.5, 0.6) is 0 Å². The van der Waals surface area contributed by atoms with E-state index in [2.05, 4.69) is 25.7 Å². The van der Waals surface area contributed by atoms with Gasteiger partial charge in [0, 0.05) is 32.2 Å².